The van der Waals surface area contributed by atoms with Crippen molar-refractivity contribution in [3.8, 4) is 0 Å². The molecule has 0 heterocycles. The van der Waals surface area contributed by atoms with Crippen LogP contribution in [0.25, 0.3) is 0 Å². The molecule has 0 amide bonds. The Kier molecular flexibility index (Phi) is 49.5. The Morgan fingerprint density at radius 2 is 0.692 bits per heavy atom. The minimum atomic E-state index is -0.819. The third-order valence-corrected chi connectivity index (χ3v) is 11.0. The molecule has 1 unspecified atom stereocenters. The van der Waals surface area contributed by atoms with Crippen molar-refractivity contribution in [2.24, 2.45) is 0 Å². The molecule has 0 aliphatic rings. The Morgan fingerprint density at radius 3 is 1.17 bits per heavy atom. The predicted molar refractivity (Wildman–Crippen MR) is 279 cm³/mol. The molecule has 0 fully saturated rings. The lowest BCUT2D eigenvalue weighted by Crippen LogP contribution is -2.30. The molecular weight excluding hydrogens is 805 g/mol. The molecular formula is C59H96O6. The molecule has 65 heavy (non-hydrogen) atoms. The monoisotopic (exact) mass is 901 g/mol. The predicted octanol–water partition coefficient (Wildman–Crippen LogP) is 17.5. The fraction of sp³-hybridized carbons (Fsp3) is 0.644. The summed E-state index contributed by atoms with van der Waals surface area (Å²) in [5.41, 5.74) is 0. The quantitative estimate of drug-likeness (QED) is 0.0199. The molecule has 0 saturated carbocycles. The van der Waals surface area contributed by atoms with Crippen molar-refractivity contribution in [1.82, 2.24) is 0 Å². The van der Waals surface area contributed by atoms with E-state index in [-0.39, 0.29) is 37.5 Å². The lowest BCUT2D eigenvalue weighted by molar-refractivity contribution is -0.166. The summed E-state index contributed by atoms with van der Waals surface area (Å²) in [7, 11) is 0. The smallest absolute Gasteiger partial charge is 0.306 e. The van der Waals surface area contributed by atoms with E-state index in [1.807, 2.05) is 79.0 Å². The van der Waals surface area contributed by atoms with Gasteiger partial charge in [0.15, 0.2) is 6.10 Å². The van der Waals surface area contributed by atoms with Crippen molar-refractivity contribution in [3.63, 3.8) is 0 Å². The zero-order chi connectivity index (χ0) is 47.2. The Bertz CT molecular complexity index is 1360. The molecule has 0 saturated heterocycles. The summed E-state index contributed by atoms with van der Waals surface area (Å²) >= 11 is 0. The summed E-state index contributed by atoms with van der Waals surface area (Å²) in [6.07, 6.45) is 70.8. The van der Waals surface area contributed by atoms with Gasteiger partial charge in [0.25, 0.3) is 0 Å². The fourth-order valence-corrected chi connectivity index (χ4v) is 7.01. The van der Waals surface area contributed by atoms with Gasteiger partial charge in [-0.2, -0.15) is 0 Å². The molecule has 0 rings (SSSR count). The average Bonchev–Trinajstić information content (AvgIpc) is 3.30. The molecule has 0 N–H and O–H groups in total. The number of carbonyl (C=O) groups excluding carboxylic acids is 3. The van der Waals surface area contributed by atoms with Gasteiger partial charge in [-0.05, 0) is 57.8 Å². The van der Waals surface area contributed by atoms with Crippen LogP contribution in [0.3, 0.4) is 0 Å². The second-order valence-corrected chi connectivity index (χ2v) is 17.2. The lowest BCUT2D eigenvalue weighted by atomic mass is 10.0. The van der Waals surface area contributed by atoms with E-state index in [0.717, 1.165) is 64.2 Å². The van der Waals surface area contributed by atoms with Crippen molar-refractivity contribution >= 4 is 17.9 Å². The highest BCUT2D eigenvalue weighted by molar-refractivity contribution is 5.71. The number of carbonyl (C=O) groups is 3. The maximum atomic E-state index is 12.8. The Balaban J connectivity index is 4.55. The van der Waals surface area contributed by atoms with Gasteiger partial charge in [-0.15, -0.1) is 0 Å². The molecule has 0 aromatic rings. The highest BCUT2D eigenvalue weighted by atomic mass is 16.6. The van der Waals surface area contributed by atoms with Crippen LogP contribution in [-0.2, 0) is 28.6 Å². The fourth-order valence-electron chi connectivity index (χ4n) is 7.01. The van der Waals surface area contributed by atoms with Crippen LogP contribution in [0.4, 0.5) is 0 Å². The SMILES string of the molecule is CC\C=C/C=C\C=C/C=C\C=C\C=C/C=C\CCCCCC(=O)OCC(COC(=O)CC/C=C\C/C=C\CCCCCCCC)OC(=O)CCCCCCCCCCCCCCCCC. The number of allylic oxidation sites excluding steroid dienone is 18. The van der Waals surface area contributed by atoms with E-state index in [9.17, 15) is 14.4 Å². The molecule has 6 heteroatoms. The Hall–Kier alpha value is -3.93. The van der Waals surface area contributed by atoms with Gasteiger partial charge >= 0.3 is 17.9 Å². The highest BCUT2D eigenvalue weighted by Crippen LogP contribution is 2.15. The van der Waals surface area contributed by atoms with Crippen molar-refractivity contribution in [2.45, 2.75) is 232 Å². The normalized spacial score (nSPS) is 13.0. The van der Waals surface area contributed by atoms with E-state index in [1.54, 1.807) is 0 Å². The van der Waals surface area contributed by atoms with Crippen LogP contribution in [0.15, 0.2) is 109 Å². The molecule has 0 aromatic heterocycles. The summed E-state index contributed by atoms with van der Waals surface area (Å²) in [6, 6.07) is 0. The number of unbranched alkanes of at least 4 members (excludes halogenated alkanes) is 23. The van der Waals surface area contributed by atoms with Crippen LogP contribution in [0.1, 0.15) is 226 Å². The minimum absolute atomic E-state index is 0.119. The van der Waals surface area contributed by atoms with Crippen molar-refractivity contribution in [1.29, 1.82) is 0 Å². The first-order valence-corrected chi connectivity index (χ1v) is 26.5. The first kappa shape index (κ1) is 61.1. The van der Waals surface area contributed by atoms with Crippen molar-refractivity contribution in [2.75, 3.05) is 13.2 Å². The molecule has 0 aliphatic heterocycles. The maximum absolute atomic E-state index is 12.8. The van der Waals surface area contributed by atoms with Crippen LogP contribution in [0.2, 0.25) is 0 Å². The third-order valence-electron chi connectivity index (χ3n) is 11.0. The molecule has 0 bridgehead atoms. The summed E-state index contributed by atoms with van der Waals surface area (Å²) in [6.45, 7) is 6.39. The van der Waals surface area contributed by atoms with E-state index in [2.05, 4.69) is 51.2 Å². The lowest BCUT2D eigenvalue weighted by Gasteiger charge is -2.18. The first-order valence-electron chi connectivity index (χ1n) is 26.5. The summed E-state index contributed by atoms with van der Waals surface area (Å²) in [5.74, 6) is -1.03. The second kappa shape index (κ2) is 52.7. The van der Waals surface area contributed by atoms with E-state index in [1.165, 1.54) is 116 Å². The van der Waals surface area contributed by atoms with Gasteiger partial charge in [0.05, 0.1) is 0 Å². The number of hydrogen-bond acceptors (Lipinski definition) is 6. The van der Waals surface area contributed by atoms with Gasteiger partial charge in [0, 0.05) is 19.3 Å². The summed E-state index contributed by atoms with van der Waals surface area (Å²) < 4.78 is 16.7. The van der Waals surface area contributed by atoms with Crippen LogP contribution in [0, 0.1) is 0 Å². The molecule has 0 aliphatic carbocycles. The summed E-state index contributed by atoms with van der Waals surface area (Å²) in [4.78, 5) is 38.0. The van der Waals surface area contributed by atoms with Crippen molar-refractivity contribution < 1.29 is 28.6 Å². The number of ether oxygens (including phenoxy) is 3. The van der Waals surface area contributed by atoms with E-state index >= 15 is 0 Å². The van der Waals surface area contributed by atoms with Crippen LogP contribution < -0.4 is 0 Å². The van der Waals surface area contributed by atoms with Crippen molar-refractivity contribution in [3.05, 3.63) is 109 Å². The van der Waals surface area contributed by atoms with Gasteiger partial charge in [-0.25, -0.2) is 0 Å². The molecule has 0 spiro atoms. The maximum Gasteiger partial charge on any atom is 0.306 e. The van der Waals surface area contributed by atoms with Gasteiger partial charge < -0.3 is 14.2 Å². The highest BCUT2D eigenvalue weighted by Gasteiger charge is 2.19. The summed E-state index contributed by atoms with van der Waals surface area (Å²) in [5, 5.41) is 0. The first-order chi connectivity index (χ1) is 32.0. The molecule has 1 atom stereocenters. The zero-order valence-corrected chi connectivity index (χ0v) is 42.0. The number of esters is 3. The van der Waals surface area contributed by atoms with E-state index in [0.29, 0.717) is 19.3 Å². The number of rotatable bonds is 46. The Morgan fingerprint density at radius 1 is 0.338 bits per heavy atom. The van der Waals surface area contributed by atoms with E-state index < -0.39 is 6.10 Å². The van der Waals surface area contributed by atoms with E-state index in [4.69, 9.17) is 14.2 Å². The van der Waals surface area contributed by atoms with Crippen LogP contribution in [0.5, 0.6) is 0 Å². The van der Waals surface area contributed by atoms with Gasteiger partial charge in [-0.1, -0.05) is 259 Å². The zero-order valence-electron chi connectivity index (χ0n) is 42.0. The standard InChI is InChI=1S/C59H96O6/c1-4-7-10-13-16-19-22-25-27-28-29-30-32-34-37-40-43-46-49-52-58(61)64-55-56(54-63-57(60)51-48-45-42-39-36-33-24-21-18-15-12-9-6-3)65-59(62)53-50-47-44-41-38-35-31-26-23-20-17-14-11-8-5-2/h7,10,13,16,19,22,25,27-30,32-34,36-37,42,45,56H,4-6,8-9,11-12,14-15,17-18,20-21,23-24,26,31,35,38-41,43-44,46-55H2,1-3H3/b10-7-,16-13-,22-19-,27-25-,29-28+,32-30-,36-33-,37-34-,45-42-. The van der Waals surface area contributed by atoms with Gasteiger partial charge in [0.2, 0.25) is 0 Å². The topological polar surface area (TPSA) is 78.9 Å². The van der Waals surface area contributed by atoms with Crippen LogP contribution in [-0.4, -0.2) is 37.2 Å². The van der Waals surface area contributed by atoms with Crippen LogP contribution >= 0.6 is 0 Å². The Labute approximate surface area is 400 Å². The molecule has 0 aromatic carbocycles. The van der Waals surface area contributed by atoms with Gasteiger partial charge in [0.1, 0.15) is 13.2 Å². The molecule has 6 nitrogen and oxygen atoms in total. The average molecular weight is 901 g/mol. The largest absolute Gasteiger partial charge is 0.462 e. The third kappa shape index (κ3) is 50.9. The van der Waals surface area contributed by atoms with Gasteiger partial charge in [-0.3, -0.25) is 14.4 Å². The molecule has 368 valence electrons. The molecule has 0 radical (unpaired) electrons. The number of hydrogen-bond donors (Lipinski definition) is 0. The minimum Gasteiger partial charge on any atom is -0.462 e. The second-order valence-electron chi connectivity index (χ2n) is 17.2.